The molecule has 0 bridgehead atoms. The van der Waals surface area contributed by atoms with Crippen molar-refractivity contribution in [3.05, 3.63) is 95.6 Å². The van der Waals surface area contributed by atoms with Gasteiger partial charge in [-0.15, -0.1) is 0 Å². The number of aliphatic hydroxyl groups is 1. The molecule has 0 aliphatic rings. The number of aromatic nitrogens is 1. The second-order valence-electron chi connectivity index (χ2n) is 6.72. The molecule has 0 saturated heterocycles. The molecule has 4 heteroatoms. The molecule has 0 spiro atoms. The first kappa shape index (κ1) is 18.4. The van der Waals surface area contributed by atoms with Gasteiger partial charge in [0.2, 0.25) is 0 Å². The van der Waals surface area contributed by atoms with Crippen molar-refractivity contribution in [2.24, 2.45) is 0 Å². The molecular weight excluding hydrogens is 327 g/mol. The van der Waals surface area contributed by atoms with E-state index >= 15 is 0 Å². The lowest BCUT2D eigenvalue weighted by molar-refractivity contribution is 0.116. The van der Waals surface area contributed by atoms with Crippen LogP contribution >= 0.6 is 0 Å². The summed E-state index contributed by atoms with van der Waals surface area (Å²) >= 11 is 0. The van der Waals surface area contributed by atoms with Crippen LogP contribution in [0.3, 0.4) is 0 Å². The van der Waals surface area contributed by atoms with Crippen LogP contribution in [0, 0.1) is 5.82 Å². The van der Waals surface area contributed by atoms with Gasteiger partial charge < -0.3 is 9.67 Å². The summed E-state index contributed by atoms with van der Waals surface area (Å²) < 4.78 is 16.0. The molecule has 0 amide bonds. The van der Waals surface area contributed by atoms with Gasteiger partial charge in [-0.25, -0.2) is 4.39 Å². The van der Waals surface area contributed by atoms with Gasteiger partial charge in [0.15, 0.2) is 0 Å². The zero-order chi connectivity index (χ0) is 18.4. The minimum atomic E-state index is -0.409. The van der Waals surface area contributed by atoms with Crippen LogP contribution in [0.25, 0.3) is 0 Å². The average Bonchev–Trinajstić information content (AvgIpc) is 3.04. The molecular formula is C22H25FN2O. The summed E-state index contributed by atoms with van der Waals surface area (Å²) in [6, 6.07) is 21.2. The third kappa shape index (κ3) is 5.04. The third-order valence-corrected chi connectivity index (χ3v) is 4.38. The van der Waals surface area contributed by atoms with E-state index < -0.39 is 6.10 Å². The highest BCUT2D eigenvalue weighted by atomic mass is 19.1. The summed E-state index contributed by atoms with van der Waals surface area (Å²) in [5.41, 5.74) is 2.99. The van der Waals surface area contributed by atoms with Gasteiger partial charge in [0.25, 0.3) is 0 Å². The Bertz CT molecular complexity index is 814. The van der Waals surface area contributed by atoms with Gasteiger partial charge in [0.1, 0.15) is 5.82 Å². The Morgan fingerprint density at radius 2 is 1.69 bits per heavy atom. The fraction of sp³-hybridized carbons (Fsp3) is 0.273. The molecule has 3 rings (SSSR count). The molecule has 26 heavy (non-hydrogen) atoms. The van der Waals surface area contributed by atoms with E-state index in [0.29, 0.717) is 25.2 Å². The van der Waals surface area contributed by atoms with Crippen LogP contribution in [0.15, 0.2) is 72.9 Å². The fourth-order valence-corrected chi connectivity index (χ4v) is 3.19. The van der Waals surface area contributed by atoms with Crippen LogP contribution in [-0.4, -0.2) is 27.2 Å². The van der Waals surface area contributed by atoms with Gasteiger partial charge in [0.05, 0.1) is 12.6 Å². The number of hydrogen-bond acceptors (Lipinski definition) is 2. The Morgan fingerprint density at radius 1 is 0.962 bits per heavy atom. The van der Waals surface area contributed by atoms with Gasteiger partial charge in [0, 0.05) is 37.1 Å². The van der Waals surface area contributed by atoms with Gasteiger partial charge in [-0.05, 0) is 30.7 Å². The van der Waals surface area contributed by atoms with Gasteiger partial charge in [-0.1, -0.05) is 48.5 Å². The van der Waals surface area contributed by atoms with Crippen molar-refractivity contribution in [1.29, 1.82) is 0 Å². The summed E-state index contributed by atoms with van der Waals surface area (Å²) in [5.74, 6) is -0.183. The van der Waals surface area contributed by atoms with E-state index in [1.54, 1.807) is 13.0 Å². The largest absolute Gasteiger partial charge is 0.392 e. The maximum absolute atomic E-state index is 14.0. The summed E-state index contributed by atoms with van der Waals surface area (Å²) in [6.45, 7) is 4.34. The van der Waals surface area contributed by atoms with Crippen molar-refractivity contribution in [3.8, 4) is 0 Å². The first-order valence-corrected chi connectivity index (χ1v) is 8.93. The summed E-state index contributed by atoms with van der Waals surface area (Å²) in [6.07, 6.45) is 1.57. The Balaban J connectivity index is 1.75. The average molecular weight is 352 g/mol. The molecule has 2 aromatic carbocycles. The monoisotopic (exact) mass is 352 g/mol. The molecule has 3 aromatic rings. The third-order valence-electron chi connectivity index (χ3n) is 4.38. The van der Waals surface area contributed by atoms with Crippen LogP contribution < -0.4 is 0 Å². The number of aliphatic hydroxyl groups excluding tert-OH is 1. The van der Waals surface area contributed by atoms with Crippen LogP contribution in [0.1, 0.15) is 23.7 Å². The Labute approximate surface area is 154 Å². The minimum Gasteiger partial charge on any atom is -0.392 e. The van der Waals surface area contributed by atoms with Crippen molar-refractivity contribution in [1.82, 2.24) is 9.47 Å². The van der Waals surface area contributed by atoms with E-state index in [1.165, 1.54) is 11.6 Å². The molecule has 1 heterocycles. The van der Waals surface area contributed by atoms with Gasteiger partial charge >= 0.3 is 0 Å². The molecule has 1 aromatic heterocycles. The zero-order valence-corrected chi connectivity index (χ0v) is 15.1. The molecule has 0 aliphatic heterocycles. The van der Waals surface area contributed by atoms with Crippen molar-refractivity contribution >= 4 is 0 Å². The SMILES string of the molecule is C[C@H](O)CN(Cc1ccccc1)Cc1cccn1Cc1ccccc1F. The maximum Gasteiger partial charge on any atom is 0.128 e. The summed E-state index contributed by atoms with van der Waals surface area (Å²) in [7, 11) is 0. The van der Waals surface area contributed by atoms with Crippen molar-refractivity contribution in [2.45, 2.75) is 32.7 Å². The number of hydrogen-bond donors (Lipinski definition) is 1. The molecule has 0 fully saturated rings. The zero-order valence-electron chi connectivity index (χ0n) is 15.1. The number of nitrogens with zero attached hydrogens (tertiary/aromatic N) is 2. The van der Waals surface area contributed by atoms with Crippen LogP contribution in [0.5, 0.6) is 0 Å². The van der Waals surface area contributed by atoms with Gasteiger partial charge in [-0.3, -0.25) is 4.90 Å². The standard InChI is InChI=1S/C22H25FN2O/c1-18(26)14-24(15-19-8-3-2-4-9-19)17-21-11-7-13-25(21)16-20-10-5-6-12-22(20)23/h2-13,18,26H,14-17H2,1H3/t18-/m0/s1. The van der Waals surface area contributed by atoms with E-state index in [2.05, 4.69) is 27.7 Å². The normalized spacial score (nSPS) is 12.5. The first-order chi connectivity index (χ1) is 12.6. The predicted octanol–water partition coefficient (Wildman–Crippen LogP) is 4.06. The summed E-state index contributed by atoms with van der Waals surface area (Å²) in [5, 5.41) is 9.87. The van der Waals surface area contributed by atoms with E-state index in [1.807, 2.05) is 42.6 Å². The maximum atomic E-state index is 14.0. The molecule has 0 saturated carbocycles. The van der Waals surface area contributed by atoms with E-state index in [9.17, 15) is 9.50 Å². The number of halogens is 1. The molecule has 1 N–H and O–H groups in total. The Morgan fingerprint density at radius 3 is 2.42 bits per heavy atom. The Hall–Kier alpha value is -2.43. The lowest BCUT2D eigenvalue weighted by atomic mass is 10.2. The first-order valence-electron chi connectivity index (χ1n) is 8.93. The lowest BCUT2D eigenvalue weighted by Crippen LogP contribution is -2.31. The lowest BCUT2D eigenvalue weighted by Gasteiger charge is -2.24. The minimum absolute atomic E-state index is 0.183. The predicted molar refractivity (Wildman–Crippen MR) is 102 cm³/mol. The van der Waals surface area contributed by atoms with E-state index in [-0.39, 0.29) is 5.82 Å². The molecule has 0 radical (unpaired) electrons. The second-order valence-corrected chi connectivity index (χ2v) is 6.72. The van der Waals surface area contributed by atoms with Crippen LogP contribution in [0.2, 0.25) is 0 Å². The van der Waals surface area contributed by atoms with Gasteiger partial charge in [-0.2, -0.15) is 0 Å². The highest BCUT2D eigenvalue weighted by molar-refractivity contribution is 5.20. The highest BCUT2D eigenvalue weighted by Gasteiger charge is 2.13. The molecule has 1 atom stereocenters. The fourth-order valence-electron chi connectivity index (χ4n) is 3.19. The number of rotatable bonds is 8. The van der Waals surface area contributed by atoms with Crippen LogP contribution in [-0.2, 0) is 19.6 Å². The van der Waals surface area contributed by atoms with Crippen molar-refractivity contribution in [2.75, 3.05) is 6.54 Å². The van der Waals surface area contributed by atoms with Crippen molar-refractivity contribution in [3.63, 3.8) is 0 Å². The molecule has 0 aliphatic carbocycles. The van der Waals surface area contributed by atoms with E-state index in [0.717, 1.165) is 12.2 Å². The molecule has 136 valence electrons. The quantitative estimate of drug-likeness (QED) is 0.662. The summed E-state index contributed by atoms with van der Waals surface area (Å²) in [4.78, 5) is 2.22. The second kappa shape index (κ2) is 8.79. The highest BCUT2D eigenvalue weighted by Crippen LogP contribution is 2.15. The van der Waals surface area contributed by atoms with Crippen LogP contribution in [0.4, 0.5) is 4.39 Å². The topological polar surface area (TPSA) is 28.4 Å². The molecule has 3 nitrogen and oxygen atoms in total. The molecule has 0 unspecified atom stereocenters. The Kier molecular flexibility index (Phi) is 6.21. The number of benzene rings is 2. The smallest absolute Gasteiger partial charge is 0.128 e. The van der Waals surface area contributed by atoms with Crippen molar-refractivity contribution < 1.29 is 9.50 Å². The van der Waals surface area contributed by atoms with E-state index in [4.69, 9.17) is 0 Å².